The Morgan fingerprint density at radius 1 is 1.35 bits per heavy atom. The summed E-state index contributed by atoms with van der Waals surface area (Å²) in [7, 11) is 0. The number of aromatic nitrogens is 2. The summed E-state index contributed by atoms with van der Waals surface area (Å²) in [5.41, 5.74) is 0.638. The van der Waals surface area contributed by atoms with Crippen LogP contribution in [-0.4, -0.2) is 35.5 Å². The van der Waals surface area contributed by atoms with Gasteiger partial charge in [0, 0.05) is 32.0 Å². The minimum atomic E-state index is -0.0456. The van der Waals surface area contributed by atoms with Gasteiger partial charge in [0.15, 0.2) is 0 Å². The Morgan fingerprint density at radius 2 is 2.13 bits per heavy atom. The smallest absolute Gasteiger partial charge is 0.254 e. The van der Waals surface area contributed by atoms with Gasteiger partial charge in [-0.1, -0.05) is 0 Å². The van der Waals surface area contributed by atoms with Gasteiger partial charge in [0.25, 0.3) is 5.91 Å². The molecule has 122 valence electrons. The fourth-order valence-corrected chi connectivity index (χ4v) is 3.01. The lowest BCUT2D eigenvalue weighted by molar-refractivity contribution is 0.0943. The summed E-state index contributed by atoms with van der Waals surface area (Å²) in [5.74, 6) is 2.83. The standard InChI is InChI=1S/C17H22N4O2/c1-12-9-15(13(2)23-12)17(22)20-10-14-3-7-21(8-4-14)16-11-18-5-6-19-16/h5-6,9,11,14H,3-4,7-8,10H2,1-2H3,(H,20,22). The number of carbonyl (C=O) groups is 1. The van der Waals surface area contributed by atoms with Crippen LogP contribution >= 0.6 is 0 Å². The van der Waals surface area contributed by atoms with Crippen molar-refractivity contribution in [2.24, 2.45) is 5.92 Å². The van der Waals surface area contributed by atoms with E-state index in [2.05, 4.69) is 20.2 Å². The van der Waals surface area contributed by atoms with Crippen LogP contribution in [0.3, 0.4) is 0 Å². The maximum Gasteiger partial charge on any atom is 0.254 e. The van der Waals surface area contributed by atoms with Crippen molar-refractivity contribution in [3.8, 4) is 0 Å². The number of nitrogens with one attached hydrogen (secondary N) is 1. The van der Waals surface area contributed by atoms with Crippen molar-refractivity contribution in [2.45, 2.75) is 26.7 Å². The van der Waals surface area contributed by atoms with Crippen molar-refractivity contribution in [3.63, 3.8) is 0 Å². The summed E-state index contributed by atoms with van der Waals surface area (Å²) in [6.07, 6.45) is 7.29. The van der Waals surface area contributed by atoms with Crippen molar-refractivity contribution in [1.82, 2.24) is 15.3 Å². The molecule has 6 nitrogen and oxygen atoms in total. The Labute approximate surface area is 135 Å². The summed E-state index contributed by atoms with van der Waals surface area (Å²) in [5, 5.41) is 3.03. The van der Waals surface area contributed by atoms with Crippen molar-refractivity contribution >= 4 is 11.7 Å². The lowest BCUT2D eigenvalue weighted by Crippen LogP contribution is -2.39. The number of furan rings is 1. The highest BCUT2D eigenvalue weighted by Gasteiger charge is 2.21. The Bertz CT molecular complexity index is 660. The van der Waals surface area contributed by atoms with Crippen molar-refractivity contribution in [1.29, 1.82) is 0 Å². The molecule has 0 bridgehead atoms. The molecule has 3 rings (SSSR count). The lowest BCUT2D eigenvalue weighted by atomic mass is 9.96. The molecule has 1 aliphatic rings. The fourth-order valence-electron chi connectivity index (χ4n) is 3.01. The fraction of sp³-hybridized carbons (Fsp3) is 0.471. The zero-order valence-electron chi connectivity index (χ0n) is 13.6. The highest BCUT2D eigenvalue weighted by atomic mass is 16.3. The first-order chi connectivity index (χ1) is 11.1. The third kappa shape index (κ3) is 3.70. The molecule has 0 atom stereocenters. The van der Waals surface area contributed by atoms with Gasteiger partial charge in [0.2, 0.25) is 0 Å². The lowest BCUT2D eigenvalue weighted by Gasteiger charge is -2.32. The van der Waals surface area contributed by atoms with Crippen LogP contribution < -0.4 is 10.2 Å². The van der Waals surface area contributed by atoms with E-state index in [-0.39, 0.29) is 5.91 Å². The van der Waals surface area contributed by atoms with E-state index in [0.717, 1.165) is 37.5 Å². The highest BCUT2D eigenvalue weighted by molar-refractivity contribution is 5.95. The van der Waals surface area contributed by atoms with Crippen molar-refractivity contribution in [3.05, 3.63) is 41.7 Å². The Hall–Kier alpha value is -2.37. The van der Waals surface area contributed by atoms with Crippen LogP contribution in [-0.2, 0) is 0 Å². The molecule has 0 aromatic carbocycles. The van der Waals surface area contributed by atoms with E-state index >= 15 is 0 Å². The molecule has 1 N–H and O–H groups in total. The van der Waals surface area contributed by atoms with Crippen LogP contribution in [0.2, 0.25) is 0 Å². The monoisotopic (exact) mass is 314 g/mol. The van der Waals surface area contributed by atoms with Crippen LogP contribution in [0, 0.1) is 19.8 Å². The third-order valence-corrected chi connectivity index (χ3v) is 4.32. The van der Waals surface area contributed by atoms with E-state index in [4.69, 9.17) is 4.42 Å². The first-order valence-electron chi connectivity index (χ1n) is 7.99. The minimum Gasteiger partial charge on any atom is -0.466 e. The van der Waals surface area contributed by atoms with Crippen molar-refractivity contribution in [2.75, 3.05) is 24.5 Å². The average molecular weight is 314 g/mol. The zero-order chi connectivity index (χ0) is 16.2. The molecule has 1 fully saturated rings. The number of nitrogens with zero attached hydrogens (tertiary/aromatic N) is 3. The SMILES string of the molecule is Cc1cc(C(=O)NCC2CCN(c3cnccn3)CC2)c(C)o1. The summed E-state index contributed by atoms with van der Waals surface area (Å²) in [6.45, 7) is 6.27. The Kier molecular flexibility index (Phi) is 4.60. The predicted molar refractivity (Wildman–Crippen MR) is 87.5 cm³/mol. The number of amides is 1. The summed E-state index contributed by atoms with van der Waals surface area (Å²) >= 11 is 0. The van der Waals surface area contributed by atoms with E-state index in [1.165, 1.54) is 0 Å². The predicted octanol–water partition coefficient (Wildman–Crippen LogP) is 2.33. The molecule has 0 spiro atoms. The molecule has 2 aromatic heterocycles. The number of rotatable bonds is 4. The average Bonchev–Trinajstić information content (AvgIpc) is 2.92. The topological polar surface area (TPSA) is 71.3 Å². The molecule has 0 unspecified atom stereocenters. The van der Waals surface area contributed by atoms with E-state index < -0.39 is 0 Å². The third-order valence-electron chi connectivity index (χ3n) is 4.32. The molecule has 6 heteroatoms. The number of piperidine rings is 1. The summed E-state index contributed by atoms with van der Waals surface area (Å²) in [4.78, 5) is 22.9. The quantitative estimate of drug-likeness (QED) is 0.938. The van der Waals surface area contributed by atoms with Gasteiger partial charge in [-0.15, -0.1) is 0 Å². The summed E-state index contributed by atoms with van der Waals surface area (Å²) < 4.78 is 5.41. The molecule has 2 aromatic rings. The van der Waals surface area contributed by atoms with Gasteiger partial charge >= 0.3 is 0 Å². The molecule has 1 amide bonds. The van der Waals surface area contributed by atoms with Crippen LogP contribution in [0.15, 0.2) is 29.1 Å². The van der Waals surface area contributed by atoms with Crippen LogP contribution in [0.4, 0.5) is 5.82 Å². The van der Waals surface area contributed by atoms with Gasteiger partial charge < -0.3 is 14.6 Å². The molecule has 0 radical (unpaired) electrons. The van der Waals surface area contributed by atoms with Gasteiger partial charge in [-0.3, -0.25) is 9.78 Å². The molecule has 1 aliphatic heterocycles. The molecule has 3 heterocycles. The number of aryl methyl sites for hydroxylation is 2. The maximum absolute atomic E-state index is 12.2. The number of hydrogen-bond donors (Lipinski definition) is 1. The Morgan fingerprint density at radius 3 is 2.74 bits per heavy atom. The van der Waals surface area contributed by atoms with E-state index in [1.807, 2.05) is 13.8 Å². The molecule has 0 aliphatic carbocycles. The second-order valence-corrected chi connectivity index (χ2v) is 6.03. The van der Waals surface area contributed by atoms with Gasteiger partial charge in [-0.25, -0.2) is 4.98 Å². The van der Waals surface area contributed by atoms with Gasteiger partial charge in [-0.05, 0) is 38.7 Å². The minimum absolute atomic E-state index is 0.0456. The molecule has 23 heavy (non-hydrogen) atoms. The highest BCUT2D eigenvalue weighted by Crippen LogP contribution is 2.21. The summed E-state index contributed by atoms with van der Waals surface area (Å²) in [6, 6.07) is 1.79. The maximum atomic E-state index is 12.2. The molecular weight excluding hydrogens is 292 g/mol. The van der Waals surface area contributed by atoms with Gasteiger partial charge in [-0.2, -0.15) is 0 Å². The van der Waals surface area contributed by atoms with E-state index in [1.54, 1.807) is 24.7 Å². The first kappa shape index (κ1) is 15.5. The molecule has 0 saturated carbocycles. The second kappa shape index (κ2) is 6.81. The number of carbonyl (C=O) groups excluding carboxylic acids is 1. The number of anilines is 1. The van der Waals surface area contributed by atoms with Crippen LogP contribution in [0.1, 0.15) is 34.7 Å². The number of hydrogen-bond acceptors (Lipinski definition) is 5. The normalized spacial score (nSPS) is 15.7. The largest absolute Gasteiger partial charge is 0.466 e. The van der Waals surface area contributed by atoms with Crippen molar-refractivity contribution < 1.29 is 9.21 Å². The van der Waals surface area contributed by atoms with Gasteiger partial charge in [0.1, 0.15) is 17.3 Å². The van der Waals surface area contributed by atoms with Crippen LogP contribution in [0.5, 0.6) is 0 Å². The van der Waals surface area contributed by atoms with Crippen LogP contribution in [0.25, 0.3) is 0 Å². The van der Waals surface area contributed by atoms with Gasteiger partial charge in [0.05, 0.1) is 11.8 Å². The Balaban J connectivity index is 1.48. The second-order valence-electron chi connectivity index (χ2n) is 6.03. The van der Waals surface area contributed by atoms with E-state index in [0.29, 0.717) is 23.8 Å². The molecular formula is C17H22N4O2. The first-order valence-corrected chi connectivity index (χ1v) is 7.99. The zero-order valence-corrected chi connectivity index (χ0v) is 13.6. The van der Waals surface area contributed by atoms with E-state index in [9.17, 15) is 4.79 Å². The molecule has 1 saturated heterocycles.